The molecule has 5 heteroatoms. The molecule has 0 radical (unpaired) electrons. The molecule has 5 nitrogen and oxygen atoms in total. The van der Waals surface area contributed by atoms with Gasteiger partial charge in [0.1, 0.15) is 23.9 Å². The van der Waals surface area contributed by atoms with Crippen LogP contribution < -0.4 is 4.74 Å². The smallest absolute Gasteiger partial charge is 0.163 e. The molecule has 1 aromatic carbocycles. The molecule has 0 heterocycles. The van der Waals surface area contributed by atoms with Crippen molar-refractivity contribution >= 4 is 11.6 Å². The number of aliphatic hydroxyl groups excluding tert-OH is 2. The Balaban J connectivity index is 2.12. The number of aliphatic hydroxyl groups is 2. The highest BCUT2D eigenvalue weighted by Crippen LogP contribution is 2.45. The van der Waals surface area contributed by atoms with E-state index in [0.29, 0.717) is 17.9 Å². The average Bonchev–Trinajstić information content (AvgIpc) is 3.13. The van der Waals surface area contributed by atoms with Gasteiger partial charge in [-0.25, -0.2) is 0 Å². The van der Waals surface area contributed by atoms with Crippen molar-refractivity contribution in [2.75, 3.05) is 6.61 Å². The van der Waals surface area contributed by atoms with Crippen molar-refractivity contribution in [3.63, 3.8) is 0 Å². The molecule has 142 valence electrons. The fraction of sp³-hybridized carbons (Fsp3) is 0.364. The fourth-order valence-electron chi connectivity index (χ4n) is 3.58. The molecule has 2 N–H and O–H groups in total. The third-order valence-corrected chi connectivity index (χ3v) is 4.94. The second-order valence-electron chi connectivity index (χ2n) is 7.13. The maximum atomic E-state index is 12.5. The Bertz CT molecular complexity index is 828. The number of carbonyl (C=O) groups is 2. The summed E-state index contributed by atoms with van der Waals surface area (Å²) >= 11 is 0. The lowest BCUT2D eigenvalue weighted by Crippen LogP contribution is -2.17. The second kappa shape index (κ2) is 7.82. The molecule has 0 aliphatic heterocycles. The Morgan fingerprint density at radius 3 is 2.04 bits per heavy atom. The Hall–Kier alpha value is -2.82. The lowest BCUT2D eigenvalue weighted by molar-refractivity contribution is -0.115. The molecule has 2 aliphatic carbocycles. The summed E-state index contributed by atoms with van der Waals surface area (Å²) in [5.41, 5.74) is 2.12. The van der Waals surface area contributed by atoms with E-state index in [2.05, 4.69) is 0 Å². The van der Waals surface area contributed by atoms with Crippen molar-refractivity contribution in [2.24, 2.45) is 0 Å². The highest BCUT2D eigenvalue weighted by Gasteiger charge is 2.40. The topological polar surface area (TPSA) is 83.8 Å². The summed E-state index contributed by atoms with van der Waals surface area (Å²) in [6.07, 6.45) is 2.86. The van der Waals surface area contributed by atoms with Crippen molar-refractivity contribution in [2.45, 2.75) is 45.4 Å². The van der Waals surface area contributed by atoms with Gasteiger partial charge in [0, 0.05) is 42.4 Å². The standard InChI is InChI=1S/C22H24O5/c1-13(2)11-12-27-19-6-4-3-5-14(19)20(21-15(23)7-8-16(21)24)22-17(25)9-10-18(22)26/h3-6,11,20,23,25H,7-10,12H2,1-2H3. The number of rotatable bonds is 6. The highest BCUT2D eigenvalue weighted by atomic mass is 16.5. The largest absolute Gasteiger partial charge is 0.512 e. The van der Waals surface area contributed by atoms with Crippen molar-refractivity contribution in [3.8, 4) is 5.75 Å². The number of ether oxygens (including phenoxy) is 1. The van der Waals surface area contributed by atoms with Gasteiger partial charge in [0.15, 0.2) is 11.6 Å². The van der Waals surface area contributed by atoms with E-state index < -0.39 is 5.92 Å². The van der Waals surface area contributed by atoms with E-state index >= 15 is 0 Å². The summed E-state index contributed by atoms with van der Waals surface area (Å²) in [5.74, 6) is -0.695. The molecular weight excluding hydrogens is 344 g/mol. The van der Waals surface area contributed by atoms with Crippen molar-refractivity contribution < 1.29 is 24.5 Å². The number of hydrogen-bond donors (Lipinski definition) is 2. The van der Waals surface area contributed by atoms with Crippen LogP contribution in [0.25, 0.3) is 0 Å². The Morgan fingerprint density at radius 2 is 1.56 bits per heavy atom. The number of allylic oxidation sites excluding steroid dienone is 5. The van der Waals surface area contributed by atoms with Crippen LogP contribution in [-0.4, -0.2) is 28.4 Å². The molecule has 0 saturated heterocycles. The zero-order chi connectivity index (χ0) is 19.6. The minimum atomic E-state index is -0.807. The van der Waals surface area contributed by atoms with Crippen LogP contribution in [0.15, 0.2) is 58.6 Å². The lowest BCUT2D eigenvalue weighted by atomic mass is 9.81. The summed E-state index contributed by atoms with van der Waals surface area (Å²) in [6.45, 7) is 4.29. The number of carbonyl (C=O) groups excluding carboxylic acids is 2. The monoisotopic (exact) mass is 368 g/mol. The first-order chi connectivity index (χ1) is 12.9. The Kier molecular flexibility index (Phi) is 5.49. The van der Waals surface area contributed by atoms with Crippen molar-refractivity contribution in [1.29, 1.82) is 0 Å². The van der Waals surface area contributed by atoms with E-state index in [1.807, 2.05) is 26.0 Å². The molecule has 0 atom stereocenters. The van der Waals surface area contributed by atoms with E-state index in [0.717, 1.165) is 5.57 Å². The Labute approximate surface area is 158 Å². The highest BCUT2D eigenvalue weighted by molar-refractivity contribution is 6.06. The summed E-state index contributed by atoms with van der Waals surface area (Å²) in [7, 11) is 0. The fourth-order valence-corrected chi connectivity index (χ4v) is 3.58. The van der Waals surface area contributed by atoms with Crippen LogP contribution in [0.2, 0.25) is 0 Å². The number of ketones is 2. The number of para-hydroxylation sites is 1. The molecule has 0 aromatic heterocycles. The van der Waals surface area contributed by atoms with Gasteiger partial charge < -0.3 is 14.9 Å². The first-order valence-corrected chi connectivity index (χ1v) is 9.15. The quantitative estimate of drug-likeness (QED) is 0.724. The molecule has 0 fully saturated rings. The molecule has 0 bridgehead atoms. The van der Waals surface area contributed by atoms with Crippen LogP contribution in [0.5, 0.6) is 5.75 Å². The van der Waals surface area contributed by atoms with E-state index in [1.54, 1.807) is 18.2 Å². The van der Waals surface area contributed by atoms with Gasteiger partial charge in [-0.3, -0.25) is 9.59 Å². The van der Waals surface area contributed by atoms with Gasteiger partial charge >= 0.3 is 0 Å². The van der Waals surface area contributed by atoms with Gasteiger partial charge in [0.05, 0.1) is 5.92 Å². The summed E-state index contributed by atoms with van der Waals surface area (Å²) < 4.78 is 5.88. The summed E-state index contributed by atoms with van der Waals surface area (Å²) in [4.78, 5) is 25.0. The molecule has 0 amide bonds. The molecule has 27 heavy (non-hydrogen) atoms. The van der Waals surface area contributed by atoms with Gasteiger partial charge in [-0.15, -0.1) is 0 Å². The number of Topliss-reactive ketones (excluding diaryl/α,β-unsaturated/α-hetero) is 2. The van der Waals surface area contributed by atoms with Gasteiger partial charge in [-0.1, -0.05) is 23.8 Å². The van der Waals surface area contributed by atoms with Crippen molar-refractivity contribution in [3.05, 3.63) is 64.1 Å². The van der Waals surface area contributed by atoms with Crippen molar-refractivity contribution in [1.82, 2.24) is 0 Å². The van der Waals surface area contributed by atoms with Gasteiger partial charge in [-0.2, -0.15) is 0 Å². The molecule has 0 spiro atoms. The molecule has 2 aliphatic rings. The zero-order valence-corrected chi connectivity index (χ0v) is 15.6. The first-order valence-electron chi connectivity index (χ1n) is 9.15. The zero-order valence-electron chi connectivity index (χ0n) is 15.6. The maximum absolute atomic E-state index is 12.5. The molecule has 1 aromatic rings. The SMILES string of the molecule is CC(C)=CCOc1ccccc1C(C1=C(O)CCC1=O)C1=C(O)CCC1=O. The predicted octanol–water partition coefficient (Wildman–Crippen LogP) is 4.47. The Morgan fingerprint density at radius 1 is 1.00 bits per heavy atom. The van der Waals surface area contributed by atoms with Crippen LogP contribution in [0.1, 0.15) is 51.0 Å². The third kappa shape index (κ3) is 3.82. The van der Waals surface area contributed by atoms with E-state index in [9.17, 15) is 19.8 Å². The number of hydrogen-bond acceptors (Lipinski definition) is 5. The van der Waals surface area contributed by atoms with Crippen LogP contribution in [0.4, 0.5) is 0 Å². The molecular formula is C22H24O5. The third-order valence-electron chi connectivity index (χ3n) is 4.94. The normalized spacial score (nSPS) is 17.3. The average molecular weight is 368 g/mol. The predicted molar refractivity (Wildman–Crippen MR) is 102 cm³/mol. The number of benzene rings is 1. The van der Waals surface area contributed by atoms with Crippen LogP contribution >= 0.6 is 0 Å². The minimum Gasteiger partial charge on any atom is -0.512 e. The summed E-state index contributed by atoms with van der Waals surface area (Å²) in [5, 5.41) is 20.7. The van der Waals surface area contributed by atoms with E-state index in [-0.39, 0.29) is 59.9 Å². The van der Waals surface area contributed by atoms with Crippen LogP contribution in [0.3, 0.4) is 0 Å². The molecule has 0 unspecified atom stereocenters. The minimum absolute atomic E-state index is 0.0101. The van der Waals surface area contributed by atoms with Gasteiger partial charge in [-0.05, 0) is 26.0 Å². The lowest BCUT2D eigenvalue weighted by Gasteiger charge is -2.22. The van der Waals surface area contributed by atoms with Gasteiger partial charge in [0.25, 0.3) is 0 Å². The summed E-state index contributed by atoms with van der Waals surface area (Å²) in [6, 6.07) is 7.16. The maximum Gasteiger partial charge on any atom is 0.163 e. The first kappa shape index (κ1) is 19.0. The molecule has 3 rings (SSSR count). The second-order valence-corrected chi connectivity index (χ2v) is 7.13. The van der Waals surface area contributed by atoms with E-state index in [4.69, 9.17) is 4.74 Å². The van der Waals surface area contributed by atoms with E-state index in [1.165, 1.54) is 0 Å². The van der Waals surface area contributed by atoms with Crippen LogP contribution in [0, 0.1) is 0 Å². The molecule has 0 saturated carbocycles. The van der Waals surface area contributed by atoms with Gasteiger partial charge in [0.2, 0.25) is 0 Å². The van der Waals surface area contributed by atoms with Crippen LogP contribution in [-0.2, 0) is 9.59 Å².